The van der Waals surface area contributed by atoms with Crippen molar-refractivity contribution in [2.75, 3.05) is 44.2 Å². The van der Waals surface area contributed by atoms with Crippen molar-refractivity contribution < 1.29 is 4.39 Å². The van der Waals surface area contributed by atoms with Crippen LogP contribution in [0, 0.1) is 11.7 Å². The predicted molar refractivity (Wildman–Crippen MR) is 106 cm³/mol. The lowest BCUT2D eigenvalue weighted by atomic mass is 10.1. The number of hydrogen-bond acceptors (Lipinski definition) is 3. The molecule has 2 aliphatic rings. The molecule has 26 heavy (non-hydrogen) atoms. The van der Waals surface area contributed by atoms with Gasteiger partial charge < -0.3 is 20.4 Å². The molecule has 144 valence electrons. The molecule has 5 nitrogen and oxygen atoms in total. The second-order valence-electron chi connectivity index (χ2n) is 7.37. The van der Waals surface area contributed by atoms with E-state index in [0.717, 1.165) is 50.8 Å². The number of halogens is 1. The van der Waals surface area contributed by atoms with E-state index in [1.54, 1.807) is 6.07 Å². The number of piperazine rings is 1. The van der Waals surface area contributed by atoms with Crippen LogP contribution >= 0.6 is 0 Å². The van der Waals surface area contributed by atoms with Crippen molar-refractivity contribution >= 4 is 11.6 Å². The molecule has 2 unspecified atom stereocenters. The highest BCUT2D eigenvalue weighted by Gasteiger charge is 2.33. The van der Waals surface area contributed by atoms with Crippen LogP contribution in [0.4, 0.5) is 10.1 Å². The van der Waals surface area contributed by atoms with Gasteiger partial charge in [0.2, 0.25) is 0 Å². The van der Waals surface area contributed by atoms with Gasteiger partial charge in [0.25, 0.3) is 0 Å². The molecule has 0 amide bonds. The Morgan fingerprint density at radius 2 is 1.96 bits per heavy atom. The maximum absolute atomic E-state index is 14.6. The molecule has 2 atom stereocenters. The second-order valence-corrected chi connectivity index (χ2v) is 7.37. The molecular weight excluding hydrogens is 329 g/mol. The molecule has 3 rings (SSSR count). The minimum absolute atomic E-state index is 0.142. The Balaban J connectivity index is 1.60. The summed E-state index contributed by atoms with van der Waals surface area (Å²) in [6.07, 6.45) is 1.19. The Labute approximate surface area is 156 Å². The summed E-state index contributed by atoms with van der Waals surface area (Å²) in [5.74, 6) is 1.39. The van der Waals surface area contributed by atoms with Crippen LogP contribution in [0.3, 0.4) is 0 Å². The molecule has 0 bridgehead atoms. The van der Waals surface area contributed by atoms with Crippen LogP contribution in [0.25, 0.3) is 0 Å². The third-order valence-corrected chi connectivity index (χ3v) is 5.37. The van der Waals surface area contributed by atoms with Crippen LogP contribution in [0.15, 0.2) is 23.2 Å². The van der Waals surface area contributed by atoms with Crippen molar-refractivity contribution in [1.29, 1.82) is 0 Å². The van der Waals surface area contributed by atoms with Gasteiger partial charge in [-0.2, -0.15) is 0 Å². The zero-order valence-corrected chi connectivity index (χ0v) is 16.3. The first kappa shape index (κ1) is 19.0. The van der Waals surface area contributed by atoms with Gasteiger partial charge in [-0.1, -0.05) is 19.9 Å². The molecule has 1 saturated carbocycles. The van der Waals surface area contributed by atoms with Crippen LogP contribution < -0.4 is 15.5 Å². The third kappa shape index (κ3) is 4.87. The van der Waals surface area contributed by atoms with E-state index in [0.29, 0.717) is 24.2 Å². The zero-order valence-electron chi connectivity index (χ0n) is 16.3. The molecule has 0 radical (unpaired) electrons. The van der Waals surface area contributed by atoms with Crippen LogP contribution in [0.2, 0.25) is 0 Å². The molecule has 6 heteroatoms. The summed E-state index contributed by atoms with van der Waals surface area (Å²) in [7, 11) is 0. The molecule has 1 saturated heterocycles. The van der Waals surface area contributed by atoms with Crippen LogP contribution in [0.5, 0.6) is 0 Å². The normalized spacial score (nSPS) is 23.8. The fourth-order valence-electron chi connectivity index (χ4n) is 3.40. The van der Waals surface area contributed by atoms with E-state index >= 15 is 0 Å². The number of hydrogen-bond donors (Lipinski definition) is 2. The molecule has 1 aliphatic heterocycles. The van der Waals surface area contributed by atoms with Gasteiger partial charge in [-0.25, -0.2) is 9.38 Å². The molecular formula is C20H32FN5. The van der Waals surface area contributed by atoms with E-state index < -0.39 is 0 Å². The summed E-state index contributed by atoms with van der Waals surface area (Å²) in [5.41, 5.74) is 1.62. The van der Waals surface area contributed by atoms with Crippen molar-refractivity contribution in [3.8, 4) is 0 Å². The number of rotatable bonds is 6. The fraction of sp³-hybridized carbons (Fsp3) is 0.650. The number of anilines is 1. The molecule has 1 heterocycles. The monoisotopic (exact) mass is 361 g/mol. The van der Waals surface area contributed by atoms with Gasteiger partial charge in [-0.15, -0.1) is 0 Å². The maximum atomic E-state index is 14.6. The molecule has 0 aromatic heterocycles. The number of aliphatic imine (C=N–C) groups is 1. The van der Waals surface area contributed by atoms with Crippen molar-refractivity contribution in [1.82, 2.24) is 15.5 Å². The van der Waals surface area contributed by atoms with Gasteiger partial charge in [0.15, 0.2) is 5.96 Å². The van der Waals surface area contributed by atoms with E-state index in [1.807, 2.05) is 12.1 Å². The lowest BCUT2D eigenvalue weighted by Crippen LogP contribution is -2.46. The topological polar surface area (TPSA) is 42.9 Å². The largest absolute Gasteiger partial charge is 0.367 e. The molecule has 2 fully saturated rings. The first-order valence-corrected chi connectivity index (χ1v) is 9.91. The Kier molecular flexibility index (Phi) is 6.35. The van der Waals surface area contributed by atoms with Crippen molar-refractivity contribution in [2.45, 2.75) is 39.8 Å². The highest BCUT2D eigenvalue weighted by molar-refractivity contribution is 5.80. The summed E-state index contributed by atoms with van der Waals surface area (Å²) in [5, 5.41) is 6.70. The Hall–Kier alpha value is -1.82. The Bertz CT molecular complexity index is 625. The highest BCUT2D eigenvalue weighted by atomic mass is 19.1. The zero-order chi connectivity index (χ0) is 18.5. The first-order valence-electron chi connectivity index (χ1n) is 9.91. The second kappa shape index (κ2) is 8.71. The molecule has 1 aromatic carbocycles. The summed E-state index contributed by atoms with van der Waals surface area (Å²) in [4.78, 5) is 9.15. The lowest BCUT2D eigenvalue weighted by molar-refractivity contribution is 0.270. The summed E-state index contributed by atoms with van der Waals surface area (Å²) in [6, 6.07) is 6.06. The quantitative estimate of drug-likeness (QED) is 0.603. The van der Waals surface area contributed by atoms with E-state index in [1.165, 1.54) is 6.42 Å². The van der Waals surface area contributed by atoms with E-state index in [2.05, 4.69) is 46.2 Å². The number of benzene rings is 1. The summed E-state index contributed by atoms with van der Waals surface area (Å²) < 4.78 is 14.6. The molecule has 0 spiro atoms. The number of guanidine groups is 1. The first-order chi connectivity index (χ1) is 12.6. The van der Waals surface area contributed by atoms with Gasteiger partial charge in [0.1, 0.15) is 5.82 Å². The smallest absolute Gasteiger partial charge is 0.191 e. The average molecular weight is 362 g/mol. The third-order valence-electron chi connectivity index (χ3n) is 5.37. The van der Waals surface area contributed by atoms with Crippen molar-refractivity contribution in [3.05, 3.63) is 29.6 Å². The van der Waals surface area contributed by atoms with Crippen molar-refractivity contribution in [2.24, 2.45) is 10.9 Å². The Morgan fingerprint density at radius 1 is 1.23 bits per heavy atom. The molecule has 1 aromatic rings. The summed E-state index contributed by atoms with van der Waals surface area (Å²) >= 11 is 0. The van der Waals surface area contributed by atoms with Gasteiger partial charge in [-0.3, -0.25) is 0 Å². The minimum atomic E-state index is -0.142. The van der Waals surface area contributed by atoms with Crippen LogP contribution in [-0.4, -0.2) is 56.2 Å². The van der Waals surface area contributed by atoms with E-state index in [-0.39, 0.29) is 5.82 Å². The lowest BCUT2D eigenvalue weighted by Gasteiger charge is -2.35. The van der Waals surface area contributed by atoms with Gasteiger partial charge >= 0.3 is 0 Å². The van der Waals surface area contributed by atoms with Gasteiger partial charge in [0, 0.05) is 38.8 Å². The van der Waals surface area contributed by atoms with E-state index in [9.17, 15) is 4.39 Å². The average Bonchev–Trinajstić information content (AvgIpc) is 3.35. The molecule has 1 aliphatic carbocycles. The standard InChI is InChI=1S/C20H32FN5/c1-4-22-20(24-18-12-15(18)3)23-14-16-6-7-19(17(21)13-16)26-10-8-25(5-2)9-11-26/h6-7,13,15,18H,4-5,8-12,14H2,1-3H3,(H2,22,23,24). The number of nitrogens with one attached hydrogen (secondary N) is 2. The fourth-order valence-corrected chi connectivity index (χ4v) is 3.40. The number of nitrogens with zero attached hydrogens (tertiary/aromatic N) is 3. The van der Waals surface area contributed by atoms with Crippen LogP contribution in [0.1, 0.15) is 32.8 Å². The summed E-state index contributed by atoms with van der Waals surface area (Å²) in [6.45, 7) is 12.6. The maximum Gasteiger partial charge on any atom is 0.191 e. The number of likely N-dealkylation sites (N-methyl/N-ethyl adjacent to an activating group) is 1. The SMILES string of the molecule is CCNC(=NCc1ccc(N2CCN(CC)CC2)c(F)c1)NC1CC1C. The van der Waals surface area contributed by atoms with Crippen molar-refractivity contribution in [3.63, 3.8) is 0 Å². The minimum Gasteiger partial charge on any atom is -0.367 e. The Morgan fingerprint density at radius 3 is 2.54 bits per heavy atom. The van der Waals surface area contributed by atoms with Crippen LogP contribution in [-0.2, 0) is 6.54 Å². The van der Waals surface area contributed by atoms with Gasteiger partial charge in [-0.05, 0) is 43.5 Å². The predicted octanol–water partition coefficient (Wildman–Crippen LogP) is 2.43. The molecule has 2 N–H and O–H groups in total. The van der Waals surface area contributed by atoms with E-state index in [4.69, 9.17) is 0 Å². The highest BCUT2D eigenvalue weighted by Crippen LogP contribution is 2.28. The van der Waals surface area contributed by atoms with Gasteiger partial charge in [0.05, 0.1) is 12.2 Å².